The fourth-order valence-electron chi connectivity index (χ4n) is 2.83. The van der Waals surface area contributed by atoms with Crippen LogP contribution in [-0.2, 0) is 4.74 Å². The summed E-state index contributed by atoms with van der Waals surface area (Å²) in [6.45, 7) is 3.24. The lowest BCUT2D eigenvalue weighted by Gasteiger charge is -2.28. The van der Waals surface area contributed by atoms with E-state index in [1.54, 1.807) is 30.1 Å². The molecule has 28 heavy (non-hydrogen) atoms. The van der Waals surface area contributed by atoms with Crippen LogP contribution >= 0.6 is 11.6 Å². The van der Waals surface area contributed by atoms with Crippen molar-refractivity contribution in [2.75, 3.05) is 38.8 Å². The van der Waals surface area contributed by atoms with Gasteiger partial charge in [0, 0.05) is 20.3 Å². The Labute approximate surface area is 171 Å². The summed E-state index contributed by atoms with van der Waals surface area (Å²) in [7, 11) is 1.70. The molecule has 0 spiro atoms. The van der Waals surface area contributed by atoms with Gasteiger partial charge in [0.15, 0.2) is 5.75 Å². The highest BCUT2D eigenvalue weighted by Crippen LogP contribution is 2.33. The Bertz CT molecular complexity index is 742. The van der Waals surface area contributed by atoms with Crippen molar-refractivity contribution in [3.63, 3.8) is 0 Å². The molecule has 0 bridgehead atoms. The van der Waals surface area contributed by atoms with Gasteiger partial charge in [0.25, 0.3) is 0 Å². The minimum absolute atomic E-state index is 0.0276. The zero-order chi connectivity index (χ0) is 20.4. The predicted molar refractivity (Wildman–Crippen MR) is 111 cm³/mol. The number of hydrogen-bond donors (Lipinski definition) is 2. The molecule has 2 rings (SSSR count). The van der Waals surface area contributed by atoms with E-state index in [0.29, 0.717) is 42.7 Å². The minimum Gasteiger partial charge on any atom is -0.487 e. The minimum atomic E-state index is -0.320. The van der Waals surface area contributed by atoms with Crippen molar-refractivity contribution in [2.24, 2.45) is 0 Å². The Balaban J connectivity index is 2.13. The van der Waals surface area contributed by atoms with E-state index in [9.17, 15) is 9.90 Å². The Morgan fingerprint density at radius 3 is 2.61 bits per heavy atom. The highest BCUT2D eigenvalue weighted by molar-refractivity contribution is 6.32. The van der Waals surface area contributed by atoms with E-state index in [0.717, 1.165) is 5.56 Å². The van der Waals surface area contributed by atoms with E-state index in [2.05, 4.69) is 5.32 Å². The number of urea groups is 1. The molecule has 152 valence electrons. The van der Waals surface area contributed by atoms with Crippen LogP contribution in [0.4, 0.5) is 10.5 Å². The third kappa shape index (κ3) is 6.12. The Morgan fingerprint density at radius 1 is 1.18 bits per heavy atom. The first-order chi connectivity index (χ1) is 13.6. The molecule has 0 aromatic heterocycles. The van der Waals surface area contributed by atoms with E-state index in [-0.39, 0.29) is 18.7 Å². The fourth-order valence-corrected chi connectivity index (χ4v) is 3.06. The van der Waals surface area contributed by atoms with Crippen molar-refractivity contribution in [2.45, 2.75) is 19.4 Å². The van der Waals surface area contributed by atoms with Crippen LogP contribution in [-0.4, -0.2) is 49.5 Å². The van der Waals surface area contributed by atoms with Crippen molar-refractivity contribution in [1.29, 1.82) is 0 Å². The number of nitrogens with one attached hydrogen (secondary N) is 1. The molecule has 0 saturated heterocycles. The van der Waals surface area contributed by atoms with Gasteiger partial charge in [-0.1, -0.05) is 48.0 Å². The number of aliphatic hydroxyl groups is 1. The molecule has 2 aromatic rings. The van der Waals surface area contributed by atoms with Crippen LogP contribution in [0.1, 0.15) is 24.9 Å². The summed E-state index contributed by atoms with van der Waals surface area (Å²) < 4.78 is 11.0. The predicted octanol–water partition coefficient (Wildman–Crippen LogP) is 4.34. The standard InChI is InChI=1S/C21H27ClN2O4/c1-3-27-14-15-28-20-17(22)10-7-11-18(20)23-21(26)24(2)19(12-13-25)16-8-5-4-6-9-16/h4-11,19,25H,3,12-15H2,1-2H3,(H,23,26). The van der Waals surface area contributed by atoms with Gasteiger partial charge in [-0.3, -0.25) is 0 Å². The molecule has 6 nitrogen and oxygen atoms in total. The summed E-state index contributed by atoms with van der Waals surface area (Å²) in [5.41, 5.74) is 1.44. The van der Waals surface area contributed by atoms with Gasteiger partial charge in [-0.05, 0) is 31.0 Å². The Hall–Kier alpha value is -2.28. The van der Waals surface area contributed by atoms with Crippen LogP contribution in [0.3, 0.4) is 0 Å². The average molecular weight is 407 g/mol. The molecule has 0 aliphatic rings. The molecule has 0 saturated carbocycles. The van der Waals surface area contributed by atoms with Crippen molar-refractivity contribution < 1.29 is 19.4 Å². The molecule has 0 fully saturated rings. The van der Waals surface area contributed by atoms with Gasteiger partial charge in [0.1, 0.15) is 6.61 Å². The molecule has 7 heteroatoms. The number of hydrogen-bond acceptors (Lipinski definition) is 4. The number of anilines is 1. The number of rotatable bonds is 10. The molecular formula is C21H27ClN2O4. The molecule has 0 aliphatic carbocycles. The van der Waals surface area contributed by atoms with E-state index in [4.69, 9.17) is 21.1 Å². The summed E-state index contributed by atoms with van der Waals surface area (Å²) in [4.78, 5) is 14.4. The van der Waals surface area contributed by atoms with Gasteiger partial charge in [-0.25, -0.2) is 4.79 Å². The number of ether oxygens (including phenoxy) is 2. The first kappa shape index (κ1) is 22.0. The first-order valence-electron chi connectivity index (χ1n) is 9.27. The van der Waals surface area contributed by atoms with E-state index < -0.39 is 0 Å². The molecule has 0 aliphatic heterocycles. The van der Waals surface area contributed by atoms with Gasteiger partial charge in [-0.15, -0.1) is 0 Å². The number of carbonyl (C=O) groups excluding carboxylic acids is 1. The monoisotopic (exact) mass is 406 g/mol. The molecule has 1 unspecified atom stereocenters. The average Bonchev–Trinajstić information content (AvgIpc) is 2.71. The first-order valence-corrected chi connectivity index (χ1v) is 9.65. The Kier molecular flexibility index (Phi) is 9.07. The molecule has 0 heterocycles. The number of amides is 2. The number of benzene rings is 2. The van der Waals surface area contributed by atoms with Crippen molar-refractivity contribution in [3.8, 4) is 5.75 Å². The quantitative estimate of drug-likeness (QED) is 0.575. The maximum atomic E-state index is 12.9. The van der Waals surface area contributed by atoms with Gasteiger partial charge in [0.05, 0.1) is 23.4 Å². The van der Waals surface area contributed by atoms with E-state index >= 15 is 0 Å². The lowest BCUT2D eigenvalue weighted by Crippen LogP contribution is -2.35. The van der Waals surface area contributed by atoms with Gasteiger partial charge in [0.2, 0.25) is 0 Å². The largest absolute Gasteiger partial charge is 0.487 e. The van der Waals surface area contributed by atoms with Crippen LogP contribution in [0.2, 0.25) is 5.02 Å². The summed E-state index contributed by atoms with van der Waals surface area (Å²) in [6, 6.07) is 14.2. The number of halogens is 1. The second-order valence-electron chi connectivity index (χ2n) is 6.14. The van der Waals surface area contributed by atoms with Crippen molar-refractivity contribution in [3.05, 3.63) is 59.1 Å². The molecule has 2 aromatic carbocycles. The molecule has 0 radical (unpaired) electrons. The highest BCUT2D eigenvalue weighted by atomic mass is 35.5. The van der Waals surface area contributed by atoms with E-state index in [1.165, 1.54) is 0 Å². The van der Waals surface area contributed by atoms with E-state index in [1.807, 2.05) is 37.3 Å². The molecule has 2 N–H and O–H groups in total. The summed E-state index contributed by atoms with van der Waals surface area (Å²) in [6.07, 6.45) is 0.432. The Morgan fingerprint density at radius 2 is 1.93 bits per heavy atom. The normalized spacial score (nSPS) is 11.7. The van der Waals surface area contributed by atoms with Crippen molar-refractivity contribution in [1.82, 2.24) is 4.90 Å². The second kappa shape index (κ2) is 11.5. The third-order valence-corrected chi connectivity index (χ3v) is 4.56. The third-order valence-electron chi connectivity index (χ3n) is 4.26. The lowest BCUT2D eigenvalue weighted by molar-refractivity contribution is 0.110. The highest BCUT2D eigenvalue weighted by Gasteiger charge is 2.22. The number of nitrogens with zero attached hydrogens (tertiary/aromatic N) is 1. The SMILES string of the molecule is CCOCCOc1c(Cl)cccc1NC(=O)N(C)C(CCO)c1ccccc1. The zero-order valence-electron chi connectivity index (χ0n) is 16.2. The van der Waals surface area contributed by atoms with Gasteiger partial charge >= 0.3 is 6.03 Å². The van der Waals surface area contributed by atoms with Crippen LogP contribution in [0, 0.1) is 0 Å². The molecule has 1 atom stereocenters. The summed E-state index contributed by atoms with van der Waals surface area (Å²) >= 11 is 6.25. The van der Waals surface area contributed by atoms with Crippen LogP contribution in [0.25, 0.3) is 0 Å². The number of para-hydroxylation sites is 1. The zero-order valence-corrected chi connectivity index (χ0v) is 17.0. The number of carbonyl (C=O) groups is 1. The summed E-state index contributed by atoms with van der Waals surface area (Å²) in [5, 5.41) is 12.7. The van der Waals surface area contributed by atoms with Gasteiger partial charge in [-0.2, -0.15) is 0 Å². The van der Waals surface area contributed by atoms with Crippen LogP contribution in [0.15, 0.2) is 48.5 Å². The molecule has 2 amide bonds. The topological polar surface area (TPSA) is 71.0 Å². The van der Waals surface area contributed by atoms with Crippen LogP contribution in [0.5, 0.6) is 5.75 Å². The molecular weight excluding hydrogens is 380 g/mol. The smallest absolute Gasteiger partial charge is 0.322 e. The van der Waals surface area contributed by atoms with Crippen LogP contribution < -0.4 is 10.1 Å². The fraction of sp³-hybridized carbons (Fsp3) is 0.381. The van der Waals surface area contributed by atoms with Crippen molar-refractivity contribution >= 4 is 23.3 Å². The maximum absolute atomic E-state index is 12.9. The maximum Gasteiger partial charge on any atom is 0.322 e. The lowest BCUT2D eigenvalue weighted by atomic mass is 10.0. The van der Waals surface area contributed by atoms with Gasteiger partial charge < -0.3 is 24.8 Å². The second-order valence-corrected chi connectivity index (χ2v) is 6.55. The summed E-state index contributed by atoms with van der Waals surface area (Å²) in [5.74, 6) is 0.407. The number of aliphatic hydroxyl groups excluding tert-OH is 1.